The number of esters is 1. The normalized spacial score (nSPS) is 12.8. The van der Waals surface area contributed by atoms with Crippen LogP contribution in [0.3, 0.4) is 0 Å². The highest BCUT2D eigenvalue weighted by molar-refractivity contribution is 5.97. The minimum Gasteiger partial charge on any atom is -0.497 e. The van der Waals surface area contributed by atoms with Gasteiger partial charge in [-0.2, -0.15) is 0 Å². The van der Waals surface area contributed by atoms with Crippen molar-refractivity contribution in [3.05, 3.63) is 114 Å². The Morgan fingerprint density at radius 3 is 2.35 bits per heavy atom. The Morgan fingerprint density at radius 1 is 0.898 bits per heavy atom. The summed E-state index contributed by atoms with van der Waals surface area (Å²) in [4.78, 5) is 45.7. The molecule has 2 atom stereocenters. The lowest BCUT2D eigenvalue weighted by Crippen LogP contribution is -2.48. The van der Waals surface area contributed by atoms with Crippen LogP contribution >= 0.6 is 0 Å². The lowest BCUT2D eigenvalue weighted by atomic mass is 9.94. The van der Waals surface area contributed by atoms with E-state index in [0.29, 0.717) is 19.3 Å². The number of benzene rings is 4. The molecule has 0 saturated heterocycles. The Morgan fingerprint density at radius 2 is 1.61 bits per heavy atom. The third-order valence-electron chi connectivity index (χ3n) is 8.74. The smallest absolute Gasteiger partial charge is 0.324 e. The van der Waals surface area contributed by atoms with E-state index in [4.69, 9.17) is 9.47 Å². The number of aryl methyl sites for hydroxylation is 1. The largest absolute Gasteiger partial charge is 0.497 e. The van der Waals surface area contributed by atoms with Crippen LogP contribution in [-0.4, -0.2) is 47.0 Å². The molecular weight excluding hydrogens is 614 g/mol. The van der Waals surface area contributed by atoms with Crippen molar-refractivity contribution in [1.29, 1.82) is 0 Å². The average Bonchev–Trinajstić information content (AvgIpc) is 3.49. The molecule has 256 valence electrons. The van der Waals surface area contributed by atoms with Crippen molar-refractivity contribution in [1.82, 2.24) is 15.2 Å². The molecule has 2 N–H and O–H groups in total. The van der Waals surface area contributed by atoms with E-state index in [1.54, 1.807) is 34.8 Å². The zero-order valence-corrected chi connectivity index (χ0v) is 29.1. The average molecular weight is 662 g/mol. The second kappa shape index (κ2) is 15.9. The maximum absolute atomic E-state index is 14.1. The standard InChI is InChI=1S/C41H47N3O5/c1-6-44(40(47)43-37(29-14-8-7-9-15-29)25-33-27-42-36-18-11-10-17-35(33)36)39(46)32(26-38(45)49-41(2,3)4)16-12-13-28-19-20-31-24-34(48-5)22-21-30(31)23-28/h7-11,14-15,17-24,27,32,37,42H,6,12-13,16,25-26H2,1-5H3,(H,43,47). The van der Waals surface area contributed by atoms with Crippen molar-refractivity contribution >= 4 is 39.6 Å². The van der Waals surface area contributed by atoms with Gasteiger partial charge in [-0.1, -0.05) is 72.8 Å². The fourth-order valence-electron chi connectivity index (χ4n) is 6.31. The minimum absolute atomic E-state index is 0.102. The molecule has 0 aliphatic heterocycles. The van der Waals surface area contributed by atoms with Gasteiger partial charge in [-0.15, -0.1) is 0 Å². The third kappa shape index (κ3) is 9.28. The van der Waals surface area contributed by atoms with Gasteiger partial charge in [0, 0.05) is 29.6 Å². The van der Waals surface area contributed by atoms with Gasteiger partial charge >= 0.3 is 12.0 Å². The number of H-pyrrole nitrogens is 1. The number of imide groups is 1. The van der Waals surface area contributed by atoms with Crippen LogP contribution in [0, 0.1) is 5.92 Å². The minimum atomic E-state index is -0.714. The summed E-state index contributed by atoms with van der Waals surface area (Å²) in [6, 6.07) is 29.2. The quantitative estimate of drug-likeness (QED) is 0.123. The molecule has 2 unspecified atom stereocenters. The van der Waals surface area contributed by atoms with Crippen LogP contribution in [0.5, 0.6) is 5.75 Å². The van der Waals surface area contributed by atoms with E-state index in [1.165, 1.54) is 4.90 Å². The maximum Gasteiger partial charge on any atom is 0.324 e. The summed E-state index contributed by atoms with van der Waals surface area (Å²) < 4.78 is 11.0. The molecule has 0 fully saturated rings. The molecule has 0 aliphatic rings. The van der Waals surface area contributed by atoms with Crippen LogP contribution in [0.1, 0.15) is 69.7 Å². The number of nitrogens with one attached hydrogen (secondary N) is 2. The number of rotatable bonds is 13. The monoisotopic (exact) mass is 661 g/mol. The Labute approximate surface area is 288 Å². The van der Waals surface area contributed by atoms with Gasteiger partial charge in [0.15, 0.2) is 0 Å². The van der Waals surface area contributed by atoms with Gasteiger partial charge in [0.2, 0.25) is 5.91 Å². The highest BCUT2D eigenvalue weighted by atomic mass is 16.6. The van der Waals surface area contributed by atoms with Crippen molar-refractivity contribution in [3.63, 3.8) is 0 Å². The number of fused-ring (bicyclic) bond motifs is 2. The van der Waals surface area contributed by atoms with E-state index in [9.17, 15) is 14.4 Å². The number of urea groups is 1. The zero-order chi connectivity index (χ0) is 35.0. The van der Waals surface area contributed by atoms with Crippen molar-refractivity contribution in [2.45, 2.75) is 71.4 Å². The summed E-state index contributed by atoms with van der Waals surface area (Å²) in [5.41, 5.74) is 3.47. The van der Waals surface area contributed by atoms with Crippen molar-refractivity contribution < 1.29 is 23.9 Å². The van der Waals surface area contributed by atoms with Crippen LogP contribution in [0.4, 0.5) is 4.79 Å². The zero-order valence-electron chi connectivity index (χ0n) is 29.1. The number of aromatic nitrogens is 1. The first-order valence-electron chi connectivity index (χ1n) is 17.0. The van der Waals surface area contributed by atoms with Gasteiger partial charge < -0.3 is 19.8 Å². The number of para-hydroxylation sites is 1. The maximum atomic E-state index is 14.1. The number of carbonyl (C=O) groups is 3. The second-order valence-corrected chi connectivity index (χ2v) is 13.5. The van der Waals surface area contributed by atoms with Crippen LogP contribution in [0.15, 0.2) is 97.2 Å². The van der Waals surface area contributed by atoms with Crippen LogP contribution in [0.2, 0.25) is 0 Å². The number of hydrogen-bond acceptors (Lipinski definition) is 5. The highest BCUT2D eigenvalue weighted by Gasteiger charge is 2.32. The van der Waals surface area contributed by atoms with Crippen LogP contribution in [0.25, 0.3) is 21.7 Å². The van der Waals surface area contributed by atoms with Gasteiger partial charge in [0.25, 0.3) is 0 Å². The fourth-order valence-corrected chi connectivity index (χ4v) is 6.31. The summed E-state index contributed by atoms with van der Waals surface area (Å²) in [5, 5.41) is 6.43. The molecule has 49 heavy (non-hydrogen) atoms. The Kier molecular flexibility index (Phi) is 11.4. The number of methoxy groups -OCH3 is 1. The first-order valence-corrected chi connectivity index (χ1v) is 17.0. The van der Waals surface area contributed by atoms with Crippen LogP contribution in [-0.2, 0) is 27.2 Å². The molecule has 0 aliphatic carbocycles. The molecule has 1 heterocycles. The first-order chi connectivity index (χ1) is 23.5. The van der Waals surface area contributed by atoms with E-state index in [2.05, 4.69) is 34.6 Å². The number of nitrogens with zero attached hydrogens (tertiary/aromatic N) is 1. The van der Waals surface area contributed by atoms with Gasteiger partial charge in [0.05, 0.1) is 19.6 Å². The first kappa shape index (κ1) is 35.2. The number of ether oxygens (including phenoxy) is 2. The molecule has 8 heteroatoms. The van der Waals surface area contributed by atoms with Crippen molar-refractivity contribution in [3.8, 4) is 5.75 Å². The summed E-state index contributed by atoms with van der Waals surface area (Å²) in [6.45, 7) is 7.36. The molecular formula is C41H47N3O5. The highest BCUT2D eigenvalue weighted by Crippen LogP contribution is 2.27. The molecule has 0 saturated carbocycles. The second-order valence-electron chi connectivity index (χ2n) is 13.5. The Hall–Kier alpha value is -5.11. The molecule has 3 amide bonds. The summed E-state index contributed by atoms with van der Waals surface area (Å²) >= 11 is 0. The molecule has 5 aromatic rings. The number of carbonyl (C=O) groups excluding carboxylic acids is 3. The SMILES string of the molecule is CCN(C(=O)NC(Cc1c[nH]c2ccccc12)c1ccccc1)C(=O)C(CCCc1ccc2cc(OC)ccc2c1)CC(=O)OC(C)(C)C. The van der Waals surface area contributed by atoms with Gasteiger partial charge in [-0.3, -0.25) is 14.5 Å². The van der Waals surface area contributed by atoms with Crippen LogP contribution < -0.4 is 10.1 Å². The van der Waals surface area contributed by atoms with Gasteiger partial charge in [0.1, 0.15) is 11.4 Å². The number of aromatic amines is 1. The Bertz CT molecular complexity index is 1890. The van der Waals surface area contributed by atoms with Crippen molar-refractivity contribution in [2.75, 3.05) is 13.7 Å². The predicted molar refractivity (Wildman–Crippen MR) is 194 cm³/mol. The van der Waals surface area contributed by atoms with E-state index >= 15 is 0 Å². The molecule has 1 aromatic heterocycles. The summed E-state index contributed by atoms with van der Waals surface area (Å²) in [7, 11) is 1.65. The van der Waals surface area contributed by atoms with Gasteiger partial charge in [-0.05, 0) is 99.0 Å². The lowest BCUT2D eigenvalue weighted by molar-refractivity contribution is -0.158. The van der Waals surface area contributed by atoms with E-state index in [0.717, 1.165) is 50.5 Å². The summed E-state index contributed by atoms with van der Waals surface area (Å²) in [5.74, 6) is -0.741. The molecule has 0 bridgehead atoms. The van der Waals surface area contributed by atoms with E-state index in [-0.39, 0.29) is 24.9 Å². The van der Waals surface area contributed by atoms with E-state index in [1.807, 2.05) is 72.9 Å². The van der Waals surface area contributed by atoms with E-state index < -0.39 is 23.5 Å². The molecule has 4 aromatic carbocycles. The Balaban J connectivity index is 1.32. The molecule has 0 spiro atoms. The summed E-state index contributed by atoms with van der Waals surface area (Å²) in [6.07, 6.45) is 4.21. The third-order valence-corrected chi connectivity index (χ3v) is 8.74. The number of amides is 3. The molecule has 5 rings (SSSR count). The van der Waals surface area contributed by atoms with Gasteiger partial charge in [-0.25, -0.2) is 4.79 Å². The molecule has 8 nitrogen and oxygen atoms in total. The topological polar surface area (TPSA) is 101 Å². The fraction of sp³-hybridized carbons (Fsp3) is 0.341. The predicted octanol–water partition coefficient (Wildman–Crippen LogP) is 8.54. The number of hydrogen-bond donors (Lipinski definition) is 2. The molecule has 0 radical (unpaired) electrons. The lowest BCUT2D eigenvalue weighted by Gasteiger charge is -2.28. The van der Waals surface area contributed by atoms with Crippen molar-refractivity contribution in [2.24, 2.45) is 5.92 Å².